The lowest BCUT2D eigenvalue weighted by Gasteiger charge is -2.36. The number of piperidine rings is 1. The first-order chi connectivity index (χ1) is 10.0. The topological polar surface area (TPSA) is 65.1 Å². The van der Waals surface area contributed by atoms with Crippen molar-refractivity contribution in [3.8, 4) is 0 Å². The second-order valence-corrected chi connectivity index (χ2v) is 5.76. The van der Waals surface area contributed by atoms with Crippen LogP contribution in [0, 0.1) is 5.82 Å². The minimum absolute atomic E-state index is 0.0568. The highest BCUT2D eigenvalue weighted by molar-refractivity contribution is 5.98. The quantitative estimate of drug-likeness (QED) is 0.382. The van der Waals surface area contributed by atoms with Gasteiger partial charge in [0.25, 0.3) is 0 Å². The number of benzene rings is 1. The molecule has 2 rings (SSSR count). The van der Waals surface area contributed by atoms with Gasteiger partial charge in [-0.25, -0.2) is 4.39 Å². The summed E-state index contributed by atoms with van der Waals surface area (Å²) in [6.45, 7) is 2.80. The van der Waals surface area contributed by atoms with Gasteiger partial charge in [0.1, 0.15) is 5.82 Å². The van der Waals surface area contributed by atoms with E-state index in [4.69, 9.17) is 10.9 Å². The van der Waals surface area contributed by atoms with Crippen LogP contribution in [0.15, 0.2) is 23.4 Å². The Labute approximate surface area is 124 Å². The molecular formula is C15H23FN4O. The highest BCUT2D eigenvalue weighted by Gasteiger charge is 2.22. The van der Waals surface area contributed by atoms with Gasteiger partial charge in [0.05, 0.1) is 0 Å². The second-order valence-electron chi connectivity index (χ2n) is 5.76. The third-order valence-electron chi connectivity index (χ3n) is 4.10. The maximum absolute atomic E-state index is 13.4. The van der Waals surface area contributed by atoms with Crippen molar-refractivity contribution in [3.05, 3.63) is 35.1 Å². The number of oxime groups is 1. The van der Waals surface area contributed by atoms with Gasteiger partial charge >= 0.3 is 0 Å². The van der Waals surface area contributed by atoms with Crippen LogP contribution in [0.25, 0.3) is 0 Å². The molecule has 1 aromatic carbocycles. The fourth-order valence-electron chi connectivity index (χ4n) is 2.88. The van der Waals surface area contributed by atoms with E-state index in [0.717, 1.165) is 25.1 Å². The van der Waals surface area contributed by atoms with Crippen molar-refractivity contribution in [2.75, 3.05) is 27.2 Å². The molecule has 5 nitrogen and oxygen atoms in total. The van der Waals surface area contributed by atoms with Crippen LogP contribution < -0.4 is 5.73 Å². The lowest BCUT2D eigenvalue weighted by Crippen LogP contribution is -2.44. The van der Waals surface area contributed by atoms with E-state index in [2.05, 4.69) is 29.1 Å². The molecule has 0 amide bonds. The molecule has 21 heavy (non-hydrogen) atoms. The van der Waals surface area contributed by atoms with Crippen molar-refractivity contribution in [1.82, 2.24) is 9.80 Å². The smallest absolute Gasteiger partial charge is 0.170 e. The van der Waals surface area contributed by atoms with E-state index in [1.165, 1.54) is 18.6 Å². The number of nitrogens with zero attached hydrogens (tertiary/aromatic N) is 3. The van der Waals surface area contributed by atoms with Gasteiger partial charge in [0, 0.05) is 24.7 Å². The van der Waals surface area contributed by atoms with E-state index in [0.29, 0.717) is 18.2 Å². The number of nitrogens with two attached hydrogens (primary N) is 1. The minimum atomic E-state index is -0.389. The zero-order valence-electron chi connectivity index (χ0n) is 12.6. The molecule has 0 aliphatic carbocycles. The lowest BCUT2D eigenvalue weighted by molar-refractivity contribution is 0.129. The summed E-state index contributed by atoms with van der Waals surface area (Å²) in [5.74, 6) is -0.445. The molecule has 1 heterocycles. The van der Waals surface area contributed by atoms with Crippen LogP contribution in [0.5, 0.6) is 0 Å². The van der Waals surface area contributed by atoms with E-state index >= 15 is 0 Å². The van der Waals surface area contributed by atoms with Crippen molar-refractivity contribution in [3.63, 3.8) is 0 Å². The van der Waals surface area contributed by atoms with Gasteiger partial charge in [-0.1, -0.05) is 11.2 Å². The van der Waals surface area contributed by atoms with Crippen molar-refractivity contribution >= 4 is 5.84 Å². The Kier molecular flexibility index (Phi) is 5.14. The number of amidine groups is 1. The molecule has 0 bridgehead atoms. The maximum atomic E-state index is 13.4. The van der Waals surface area contributed by atoms with Crippen LogP contribution in [-0.4, -0.2) is 54.1 Å². The van der Waals surface area contributed by atoms with E-state index in [1.54, 1.807) is 6.07 Å². The molecule has 1 aromatic rings. The van der Waals surface area contributed by atoms with Gasteiger partial charge in [0.15, 0.2) is 5.84 Å². The molecule has 0 aromatic heterocycles. The number of likely N-dealkylation sites (N-methyl/N-ethyl adjacent to an activating group) is 2. The van der Waals surface area contributed by atoms with Crippen LogP contribution in [-0.2, 0) is 6.54 Å². The van der Waals surface area contributed by atoms with E-state index < -0.39 is 0 Å². The Morgan fingerprint density at radius 1 is 1.57 bits per heavy atom. The average molecular weight is 294 g/mol. The molecule has 116 valence electrons. The molecule has 1 atom stereocenters. The van der Waals surface area contributed by atoms with Crippen molar-refractivity contribution in [2.24, 2.45) is 10.9 Å². The molecular weight excluding hydrogens is 271 g/mol. The number of halogens is 1. The minimum Gasteiger partial charge on any atom is -0.409 e. The first kappa shape index (κ1) is 15.7. The monoisotopic (exact) mass is 294 g/mol. The van der Waals surface area contributed by atoms with Gasteiger partial charge in [-0.3, -0.25) is 4.90 Å². The predicted octanol–water partition coefficient (Wildman–Crippen LogP) is 1.45. The summed E-state index contributed by atoms with van der Waals surface area (Å²) >= 11 is 0. The standard InChI is InChI=1S/C15H23FN4O/c1-19-7-3-4-13(10-19)20(2)9-11-5-6-12(16)8-14(11)15(17)18-21/h5-6,8,13,21H,3-4,7,9-10H2,1-2H3,(H2,17,18). The largest absolute Gasteiger partial charge is 0.409 e. The summed E-state index contributed by atoms with van der Waals surface area (Å²) in [6, 6.07) is 4.88. The molecule has 3 N–H and O–H groups in total. The van der Waals surface area contributed by atoms with E-state index in [9.17, 15) is 4.39 Å². The number of hydrogen-bond acceptors (Lipinski definition) is 4. The summed E-state index contributed by atoms with van der Waals surface area (Å²) in [4.78, 5) is 4.57. The number of rotatable bonds is 4. The zero-order chi connectivity index (χ0) is 15.4. The number of hydrogen-bond donors (Lipinski definition) is 2. The Morgan fingerprint density at radius 3 is 3.00 bits per heavy atom. The lowest BCUT2D eigenvalue weighted by atomic mass is 10.0. The average Bonchev–Trinajstić information content (AvgIpc) is 2.48. The predicted molar refractivity (Wildman–Crippen MR) is 80.9 cm³/mol. The first-order valence-electron chi connectivity index (χ1n) is 7.16. The molecule has 0 radical (unpaired) electrons. The first-order valence-corrected chi connectivity index (χ1v) is 7.16. The Hall–Kier alpha value is -1.66. The van der Waals surface area contributed by atoms with Crippen LogP contribution in [0.2, 0.25) is 0 Å². The fourth-order valence-corrected chi connectivity index (χ4v) is 2.88. The molecule has 1 aliphatic rings. The Bertz CT molecular complexity index is 520. The fraction of sp³-hybridized carbons (Fsp3) is 0.533. The zero-order valence-corrected chi connectivity index (χ0v) is 12.6. The maximum Gasteiger partial charge on any atom is 0.170 e. The highest BCUT2D eigenvalue weighted by atomic mass is 19.1. The normalized spacial score (nSPS) is 21.0. The third-order valence-corrected chi connectivity index (χ3v) is 4.10. The molecule has 1 aliphatic heterocycles. The summed E-state index contributed by atoms with van der Waals surface area (Å²) in [5, 5.41) is 11.8. The van der Waals surface area contributed by atoms with E-state index in [-0.39, 0.29) is 11.7 Å². The van der Waals surface area contributed by atoms with Gasteiger partial charge in [0.2, 0.25) is 0 Å². The van der Waals surface area contributed by atoms with Crippen LogP contribution in [0.1, 0.15) is 24.0 Å². The SMILES string of the molecule is CN1CCCC(N(C)Cc2ccc(F)cc2C(N)=NO)C1. The van der Waals surface area contributed by atoms with Crippen LogP contribution in [0.3, 0.4) is 0 Å². The molecule has 1 fully saturated rings. The van der Waals surface area contributed by atoms with Crippen molar-refractivity contribution in [1.29, 1.82) is 0 Å². The molecule has 6 heteroatoms. The van der Waals surface area contributed by atoms with Crippen LogP contribution in [0.4, 0.5) is 4.39 Å². The van der Waals surface area contributed by atoms with Gasteiger partial charge < -0.3 is 15.8 Å². The summed E-state index contributed by atoms with van der Waals surface area (Å²) < 4.78 is 13.4. The van der Waals surface area contributed by atoms with Gasteiger partial charge in [-0.2, -0.15) is 0 Å². The third kappa shape index (κ3) is 3.92. The molecule has 0 saturated carbocycles. The van der Waals surface area contributed by atoms with Gasteiger partial charge in [-0.05, 0) is 51.2 Å². The summed E-state index contributed by atoms with van der Waals surface area (Å²) in [7, 11) is 4.18. The second kappa shape index (κ2) is 6.87. The van der Waals surface area contributed by atoms with Crippen LogP contribution >= 0.6 is 0 Å². The summed E-state index contributed by atoms with van der Waals surface area (Å²) in [6.07, 6.45) is 2.34. The van der Waals surface area contributed by atoms with Gasteiger partial charge in [-0.15, -0.1) is 0 Å². The summed E-state index contributed by atoms with van der Waals surface area (Å²) in [5.41, 5.74) is 6.96. The Balaban J connectivity index is 2.15. The Morgan fingerprint density at radius 2 is 2.33 bits per heavy atom. The molecule has 1 saturated heterocycles. The van der Waals surface area contributed by atoms with Crippen molar-refractivity contribution in [2.45, 2.75) is 25.4 Å². The van der Waals surface area contributed by atoms with E-state index in [1.807, 2.05) is 0 Å². The molecule has 0 spiro atoms. The number of likely N-dealkylation sites (tertiary alicyclic amines) is 1. The molecule has 1 unspecified atom stereocenters. The van der Waals surface area contributed by atoms with Crippen molar-refractivity contribution < 1.29 is 9.60 Å². The highest BCUT2D eigenvalue weighted by Crippen LogP contribution is 2.18.